The van der Waals surface area contributed by atoms with E-state index in [0.29, 0.717) is 11.4 Å². The largest absolute Gasteiger partial charge is 0.338 e. The van der Waals surface area contributed by atoms with Gasteiger partial charge in [-0.3, -0.25) is 4.79 Å². The molecular formula is C14H15ClN2O. The van der Waals surface area contributed by atoms with Crippen molar-refractivity contribution >= 4 is 17.5 Å². The zero-order chi connectivity index (χ0) is 13.0. The molecule has 0 radical (unpaired) electrons. The summed E-state index contributed by atoms with van der Waals surface area (Å²) in [7, 11) is 0. The average Bonchev–Trinajstić information content (AvgIpc) is 2.81. The Labute approximate surface area is 112 Å². The molecule has 1 aromatic carbocycles. The standard InChI is InChI=1S/C14H15ClN2O/c15-12-5-3-11(4-6-12)9-13(18)17-14(10-16)7-1-2-8-14/h3-6H,1-2,7-9H2,(H,17,18). The maximum Gasteiger partial charge on any atom is 0.225 e. The third-order valence-electron chi connectivity index (χ3n) is 3.33. The van der Waals surface area contributed by atoms with Crippen LogP contribution in [0.3, 0.4) is 0 Å². The highest BCUT2D eigenvalue weighted by Gasteiger charge is 2.35. The topological polar surface area (TPSA) is 52.9 Å². The average molecular weight is 263 g/mol. The number of nitrogens with zero attached hydrogens (tertiary/aromatic N) is 1. The van der Waals surface area contributed by atoms with Gasteiger partial charge in [0.2, 0.25) is 5.91 Å². The molecule has 0 aromatic heterocycles. The number of carbonyl (C=O) groups is 1. The molecule has 18 heavy (non-hydrogen) atoms. The van der Waals surface area contributed by atoms with E-state index in [1.807, 2.05) is 12.1 Å². The molecule has 0 heterocycles. The van der Waals surface area contributed by atoms with Crippen LogP contribution in [0.25, 0.3) is 0 Å². The van der Waals surface area contributed by atoms with Gasteiger partial charge in [-0.2, -0.15) is 5.26 Å². The molecule has 1 aromatic rings. The Morgan fingerprint density at radius 2 is 1.94 bits per heavy atom. The molecule has 2 rings (SSSR count). The molecule has 94 valence electrons. The number of hydrogen-bond acceptors (Lipinski definition) is 2. The third kappa shape index (κ3) is 3.02. The van der Waals surface area contributed by atoms with Crippen LogP contribution < -0.4 is 5.32 Å². The van der Waals surface area contributed by atoms with Gasteiger partial charge in [0, 0.05) is 5.02 Å². The second-order valence-electron chi connectivity index (χ2n) is 4.75. The van der Waals surface area contributed by atoms with E-state index in [1.165, 1.54) is 0 Å². The van der Waals surface area contributed by atoms with Crippen LogP contribution in [0.1, 0.15) is 31.2 Å². The van der Waals surface area contributed by atoms with Crippen LogP contribution in [0.4, 0.5) is 0 Å². The predicted octanol–water partition coefficient (Wildman–Crippen LogP) is 2.84. The fourth-order valence-electron chi connectivity index (χ4n) is 2.34. The van der Waals surface area contributed by atoms with Gasteiger partial charge in [-0.1, -0.05) is 23.7 Å². The molecule has 3 nitrogen and oxygen atoms in total. The van der Waals surface area contributed by atoms with E-state index in [2.05, 4.69) is 11.4 Å². The minimum absolute atomic E-state index is 0.0965. The number of rotatable bonds is 3. The third-order valence-corrected chi connectivity index (χ3v) is 3.58. The van der Waals surface area contributed by atoms with E-state index in [0.717, 1.165) is 31.2 Å². The van der Waals surface area contributed by atoms with E-state index in [4.69, 9.17) is 11.6 Å². The highest BCUT2D eigenvalue weighted by atomic mass is 35.5. The van der Waals surface area contributed by atoms with E-state index < -0.39 is 5.54 Å². The monoisotopic (exact) mass is 262 g/mol. The van der Waals surface area contributed by atoms with Gasteiger partial charge in [-0.25, -0.2) is 0 Å². The van der Waals surface area contributed by atoms with Gasteiger partial charge < -0.3 is 5.32 Å². The van der Waals surface area contributed by atoms with Crippen molar-refractivity contribution in [3.63, 3.8) is 0 Å². The Morgan fingerprint density at radius 1 is 1.33 bits per heavy atom. The molecule has 1 saturated carbocycles. The number of hydrogen-bond donors (Lipinski definition) is 1. The van der Waals surface area contributed by atoms with Gasteiger partial charge in [-0.05, 0) is 43.4 Å². The van der Waals surface area contributed by atoms with Gasteiger partial charge in [0.25, 0.3) is 0 Å². The van der Waals surface area contributed by atoms with Gasteiger partial charge in [0.15, 0.2) is 0 Å². The first-order valence-electron chi connectivity index (χ1n) is 6.10. The van der Waals surface area contributed by atoms with E-state index in [9.17, 15) is 10.1 Å². The Morgan fingerprint density at radius 3 is 2.50 bits per heavy atom. The van der Waals surface area contributed by atoms with Crippen molar-refractivity contribution in [1.82, 2.24) is 5.32 Å². The number of amides is 1. The molecule has 0 saturated heterocycles. The van der Waals surface area contributed by atoms with Crippen molar-refractivity contribution in [2.75, 3.05) is 0 Å². The molecule has 1 aliphatic rings. The van der Waals surface area contributed by atoms with Crippen molar-refractivity contribution in [1.29, 1.82) is 5.26 Å². The lowest BCUT2D eigenvalue weighted by atomic mass is 9.99. The minimum Gasteiger partial charge on any atom is -0.338 e. The Kier molecular flexibility index (Phi) is 3.88. The normalized spacial score (nSPS) is 17.1. The summed E-state index contributed by atoms with van der Waals surface area (Å²) in [5.41, 5.74) is 0.270. The lowest BCUT2D eigenvalue weighted by molar-refractivity contribution is -0.121. The van der Waals surface area contributed by atoms with Gasteiger partial charge in [0.05, 0.1) is 12.5 Å². The molecule has 0 aliphatic heterocycles. The molecule has 1 fully saturated rings. The van der Waals surface area contributed by atoms with Crippen LogP contribution in [0.5, 0.6) is 0 Å². The lowest BCUT2D eigenvalue weighted by Gasteiger charge is -2.21. The molecule has 1 N–H and O–H groups in total. The highest BCUT2D eigenvalue weighted by molar-refractivity contribution is 6.30. The van der Waals surface area contributed by atoms with Crippen LogP contribution in [0.2, 0.25) is 5.02 Å². The summed E-state index contributed by atoms with van der Waals surface area (Å²) >= 11 is 5.79. The van der Waals surface area contributed by atoms with Crippen molar-refractivity contribution in [2.45, 2.75) is 37.6 Å². The predicted molar refractivity (Wildman–Crippen MR) is 70.1 cm³/mol. The summed E-state index contributed by atoms with van der Waals surface area (Å²) in [5.74, 6) is -0.0965. The maximum atomic E-state index is 11.9. The molecular weight excluding hydrogens is 248 g/mol. The Balaban J connectivity index is 1.96. The van der Waals surface area contributed by atoms with Crippen LogP contribution >= 0.6 is 11.6 Å². The molecule has 4 heteroatoms. The highest BCUT2D eigenvalue weighted by Crippen LogP contribution is 2.28. The van der Waals surface area contributed by atoms with E-state index in [-0.39, 0.29) is 5.91 Å². The number of carbonyl (C=O) groups excluding carboxylic acids is 1. The molecule has 1 amide bonds. The fraction of sp³-hybridized carbons (Fsp3) is 0.429. The first-order valence-corrected chi connectivity index (χ1v) is 6.48. The summed E-state index contributed by atoms with van der Waals surface area (Å²) < 4.78 is 0. The summed E-state index contributed by atoms with van der Waals surface area (Å²) in [6.45, 7) is 0. The summed E-state index contributed by atoms with van der Waals surface area (Å²) in [6.07, 6.45) is 3.83. The summed E-state index contributed by atoms with van der Waals surface area (Å²) in [6, 6.07) is 9.44. The van der Waals surface area contributed by atoms with Gasteiger partial charge in [-0.15, -0.1) is 0 Å². The lowest BCUT2D eigenvalue weighted by Crippen LogP contribution is -2.45. The summed E-state index contributed by atoms with van der Waals surface area (Å²) in [5, 5.41) is 12.7. The number of nitriles is 1. The van der Waals surface area contributed by atoms with Gasteiger partial charge >= 0.3 is 0 Å². The van der Waals surface area contributed by atoms with Crippen molar-refractivity contribution in [2.24, 2.45) is 0 Å². The first-order chi connectivity index (χ1) is 8.63. The molecule has 0 unspecified atom stereocenters. The zero-order valence-electron chi connectivity index (χ0n) is 10.1. The van der Waals surface area contributed by atoms with Crippen LogP contribution in [0, 0.1) is 11.3 Å². The van der Waals surface area contributed by atoms with Crippen molar-refractivity contribution < 1.29 is 4.79 Å². The van der Waals surface area contributed by atoms with Gasteiger partial charge in [0.1, 0.15) is 5.54 Å². The second-order valence-corrected chi connectivity index (χ2v) is 5.19. The quantitative estimate of drug-likeness (QED) is 0.911. The van der Waals surface area contributed by atoms with Crippen molar-refractivity contribution in [3.05, 3.63) is 34.9 Å². The Hall–Kier alpha value is -1.53. The molecule has 0 atom stereocenters. The first kappa shape index (κ1) is 12.9. The van der Waals surface area contributed by atoms with Crippen LogP contribution in [-0.4, -0.2) is 11.4 Å². The van der Waals surface area contributed by atoms with E-state index >= 15 is 0 Å². The molecule has 1 aliphatic carbocycles. The molecule has 0 bridgehead atoms. The molecule has 0 spiro atoms. The number of halogens is 1. The number of benzene rings is 1. The SMILES string of the molecule is N#CC1(NC(=O)Cc2ccc(Cl)cc2)CCCC1. The maximum absolute atomic E-state index is 11.9. The van der Waals surface area contributed by atoms with Crippen LogP contribution in [0.15, 0.2) is 24.3 Å². The zero-order valence-corrected chi connectivity index (χ0v) is 10.8. The Bertz CT molecular complexity index is 470. The van der Waals surface area contributed by atoms with Crippen LogP contribution in [-0.2, 0) is 11.2 Å². The smallest absolute Gasteiger partial charge is 0.225 e. The minimum atomic E-state index is -0.635. The number of nitrogens with one attached hydrogen (secondary N) is 1. The van der Waals surface area contributed by atoms with Crippen molar-refractivity contribution in [3.8, 4) is 6.07 Å². The van der Waals surface area contributed by atoms with E-state index in [1.54, 1.807) is 12.1 Å². The second kappa shape index (κ2) is 5.41. The fourth-order valence-corrected chi connectivity index (χ4v) is 2.47. The summed E-state index contributed by atoms with van der Waals surface area (Å²) in [4.78, 5) is 11.9.